The summed E-state index contributed by atoms with van der Waals surface area (Å²) < 4.78 is 28.0. The molecule has 1 unspecified atom stereocenters. The fraction of sp³-hybridized carbons (Fsp3) is 0.409. The second kappa shape index (κ2) is 9.67. The lowest BCUT2D eigenvalue weighted by molar-refractivity contribution is -0.132. The van der Waals surface area contributed by atoms with Crippen LogP contribution < -0.4 is 14.8 Å². The maximum Gasteiger partial charge on any atom is 0.238 e. The summed E-state index contributed by atoms with van der Waals surface area (Å²) >= 11 is 0. The van der Waals surface area contributed by atoms with Crippen molar-refractivity contribution >= 4 is 21.6 Å². The molecule has 0 aromatic heterocycles. The van der Waals surface area contributed by atoms with E-state index in [9.17, 15) is 13.2 Å². The molecule has 1 saturated heterocycles. The Morgan fingerprint density at radius 3 is 2.16 bits per heavy atom. The molecular weight excluding hydrogens is 416 g/mol. The van der Waals surface area contributed by atoms with Crippen LogP contribution in [0.3, 0.4) is 0 Å². The molecule has 2 N–H and O–H groups in total. The number of benzene rings is 2. The Labute approximate surface area is 184 Å². The fourth-order valence-corrected chi connectivity index (χ4v) is 4.16. The molecule has 1 fully saturated rings. The minimum Gasteiger partial charge on any atom is -0.497 e. The van der Waals surface area contributed by atoms with Crippen molar-refractivity contribution in [2.45, 2.75) is 17.9 Å². The van der Waals surface area contributed by atoms with E-state index in [-0.39, 0.29) is 16.8 Å². The molecule has 0 radical (unpaired) electrons. The number of hydrogen-bond donors (Lipinski definition) is 1. The van der Waals surface area contributed by atoms with Crippen molar-refractivity contribution in [2.75, 3.05) is 51.8 Å². The highest BCUT2D eigenvalue weighted by Crippen LogP contribution is 2.22. The molecule has 1 atom stereocenters. The molecule has 0 bridgehead atoms. The number of primary sulfonamides is 1. The molecule has 31 heavy (non-hydrogen) atoms. The number of amides is 1. The van der Waals surface area contributed by atoms with Crippen LogP contribution in [0.4, 0.5) is 5.69 Å². The van der Waals surface area contributed by atoms with Gasteiger partial charge in [-0.15, -0.1) is 0 Å². The van der Waals surface area contributed by atoms with E-state index >= 15 is 0 Å². The Bertz CT molecular complexity index is 985. The first-order chi connectivity index (χ1) is 14.7. The average Bonchev–Trinajstić information content (AvgIpc) is 2.78. The number of likely N-dealkylation sites (N-methyl/N-ethyl adjacent to an activating group) is 1. The molecule has 0 saturated carbocycles. The van der Waals surface area contributed by atoms with Crippen molar-refractivity contribution in [3.05, 3.63) is 54.1 Å². The number of carbonyl (C=O) groups is 1. The molecule has 8 nitrogen and oxygen atoms in total. The van der Waals surface area contributed by atoms with Crippen molar-refractivity contribution in [2.24, 2.45) is 5.14 Å². The molecule has 1 heterocycles. The number of nitrogens with zero attached hydrogens (tertiary/aromatic N) is 3. The zero-order valence-corrected chi connectivity index (χ0v) is 19.0. The van der Waals surface area contributed by atoms with Crippen LogP contribution in [-0.2, 0) is 14.8 Å². The van der Waals surface area contributed by atoms with Gasteiger partial charge in [0.15, 0.2) is 0 Å². The SMILES string of the molecule is COc1ccc(N2CCN(C(=O)CN(C)C(C)c3ccc(S(N)(=O)=O)cc3)CC2)cc1. The minimum absolute atomic E-state index is 0.0425. The number of ether oxygens (including phenoxy) is 1. The minimum atomic E-state index is -3.71. The van der Waals surface area contributed by atoms with Gasteiger partial charge >= 0.3 is 0 Å². The highest BCUT2D eigenvalue weighted by atomic mass is 32.2. The zero-order valence-electron chi connectivity index (χ0n) is 18.2. The largest absolute Gasteiger partial charge is 0.497 e. The lowest BCUT2D eigenvalue weighted by Crippen LogP contribution is -2.51. The van der Waals surface area contributed by atoms with E-state index < -0.39 is 10.0 Å². The highest BCUT2D eigenvalue weighted by molar-refractivity contribution is 7.89. The first kappa shape index (κ1) is 23.1. The van der Waals surface area contributed by atoms with Gasteiger partial charge in [0.25, 0.3) is 0 Å². The summed E-state index contributed by atoms with van der Waals surface area (Å²) in [5.74, 6) is 0.916. The van der Waals surface area contributed by atoms with E-state index in [2.05, 4.69) is 4.90 Å². The zero-order chi connectivity index (χ0) is 22.6. The summed E-state index contributed by atoms with van der Waals surface area (Å²) in [5.41, 5.74) is 2.05. The summed E-state index contributed by atoms with van der Waals surface area (Å²) in [7, 11) is -0.170. The van der Waals surface area contributed by atoms with Crippen LogP contribution in [-0.4, -0.2) is 71.0 Å². The maximum absolute atomic E-state index is 12.8. The molecule has 0 aliphatic carbocycles. The second-order valence-electron chi connectivity index (χ2n) is 7.77. The van der Waals surface area contributed by atoms with Crippen molar-refractivity contribution in [3.8, 4) is 5.75 Å². The third-order valence-corrected chi connectivity index (χ3v) is 6.74. The van der Waals surface area contributed by atoms with Crippen LogP contribution in [0.1, 0.15) is 18.5 Å². The quantitative estimate of drug-likeness (QED) is 0.695. The summed E-state index contributed by atoms with van der Waals surface area (Å²) in [5, 5.41) is 5.15. The van der Waals surface area contributed by atoms with Gasteiger partial charge < -0.3 is 14.5 Å². The molecule has 1 amide bonds. The summed E-state index contributed by atoms with van der Waals surface area (Å²) in [4.78, 5) is 19.0. The van der Waals surface area contributed by atoms with Crippen LogP contribution in [0.2, 0.25) is 0 Å². The van der Waals surface area contributed by atoms with Crippen LogP contribution in [0.15, 0.2) is 53.4 Å². The van der Waals surface area contributed by atoms with Crippen LogP contribution >= 0.6 is 0 Å². The second-order valence-corrected chi connectivity index (χ2v) is 9.33. The number of carbonyl (C=O) groups excluding carboxylic acids is 1. The number of sulfonamides is 1. The average molecular weight is 447 g/mol. The first-order valence-corrected chi connectivity index (χ1v) is 11.7. The van der Waals surface area contributed by atoms with Crippen molar-refractivity contribution in [1.82, 2.24) is 9.80 Å². The van der Waals surface area contributed by atoms with Gasteiger partial charge in [-0.2, -0.15) is 0 Å². The molecule has 1 aliphatic rings. The molecular formula is C22H30N4O4S. The Morgan fingerprint density at radius 1 is 1.06 bits per heavy atom. The predicted molar refractivity (Wildman–Crippen MR) is 121 cm³/mol. The Hall–Kier alpha value is -2.62. The maximum atomic E-state index is 12.8. The third kappa shape index (κ3) is 5.75. The Balaban J connectivity index is 1.52. The fourth-order valence-electron chi connectivity index (χ4n) is 3.65. The van der Waals surface area contributed by atoms with E-state index in [1.807, 2.05) is 48.0 Å². The summed E-state index contributed by atoms with van der Waals surface area (Å²) in [6.45, 7) is 5.20. The van der Waals surface area contributed by atoms with Gasteiger partial charge in [-0.3, -0.25) is 9.69 Å². The Kier molecular flexibility index (Phi) is 7.19. The van der Waals surface area contributed by atoms with E-state index in [0.717, 1.165) is 30.1 Å². The van der Waals surface area contributed by atoms with E-state index in [0.29, 0.717) is 19.6 Å². The number of anilines is 1. The van der Waals surface area contributed by atoms with Gasteiger partial charge in [0.05, 0.1) is 18.6 Å². The van der Waals surface area contributed by atoms with Gasteiger partial charge in [0, 0.05) is 37.9 Å². The van der Waals surface area contributed by atoms with Crippen LogP contribution in [0.25, 0.3) is 0 Å². The third-order valence-electron chi connectivity index (χ3n) is 5.81. The van der Waals surface area contributed by atoms with Gasteiger partial charge in [-0.05, 0) is 55.9 Å². The molecule has 9 heteroatoms. The standard InChI is InChI=1S/C22H30N4O4S/c1-17(18-4-10-21(11-5-18)31(23,28)29)24(2)16-22(27)26-14-12-25(13-15-26)19-6-8-20(30-3)9-7-19/h4-11,17H,12-16H2,1-3H3,(H2,23,28,29). The van der Waals surface area contributed by atoms with E-state index in [1.165, 1.54) is 12.1 Å². The highest BCUT2D eigenvalue weighted by Gasteiger charge is 2.24. The predicted octanol–water partition coefficient (Wildman–Crippen LogP) is 1.68. The van der Waals surface area contributed by atoms with Crippen LogP contribution in [0.5, 0.6) is 5.75 Å². The monoisotopic (exact) mass is 446 g/mol. The number of piperazine rings is 1. The van der Waals surface area contributed by atoms with E-state index in [4.69, 9.17) is 9.88 Å². The van der Waals surface area contributed by atoms with Gasteiger partial charge in [-0.25, -0.2) is 13.6 Å². The van der Waals surface area contributed by atoms with Gasteiger partial charge in [0.1, 0.15) is 5.75 Å². The smallest absolute Gasteiger partial charge is 0.238 e. The molecule has 3 rings (SSSR count). The van der Waals surface area contributed by atoms with Crippen molar-refractivity contribution in [3.63, 3.8) is 0 Å². The summed E-state index contributed by atoms with van der Waals surface area (Å²) in [6, 6.07) is 14.4. The van der Waals surface area contributed by atoms with Gasteiger partial charge in [0.2, 0.25) is 15.9 Å². The molecule has 2 aromatic carbocycles. The number of methoxy groups -OCH3 is 1. The van der Waals surface area contributed by atoms with Crippen LogP contribution in [0, 0.1) is 0 Å². The number of hydrogen-bond acceptors (Lipinski definition) is 6. The Morgan fingerprint density at radius 2 is 1.65 bits per heavy atom. The molecule has 168 valence electrons. The lowest BCUT2D eigenvalue weighted by Gasteiger charge is -2.37. The molecule has 2 aromatic rings. The normalized spacial score (nSPS) is 15.8. The summed E-state index contributed by atoms with van der Waals surface area (Å²) in [6.07, 6.45) is 0. The number of nitrogens with two attached hydrogens (primary N) is 1. The van der Waals surface area contributed by atoms with E-state index in [1.54, 1.807) is 19.2 Å². The molecule has 1 aliphatic heterocycles. The topological polar surface area (TPSA) is 96.2 Å². The number of rotatable bonds is 7. The molecule has 0 spiro atoms. The van der Waals surface area contributed by atoms with Gasteiger partial charge in [-0.1, -0.05) is 12.1 Å². The van der Waals surface area contributed by atoms with Crippen molar-refractivity contribution < 1.29 is 17.9 Å². The first-order valence-electron chi connectivity index (χ1n) is 10.2. The van der Waals surface area contributed by atoms with Crippen molar-refractivity contribution in [1.29, 1.82) is 0 Å². The lowest BCUT2D eigenvalue weighted by atomic mass is 10.1.